The molecule has 3 aromatic heterocycles. The van der Waals surface area contributed by atoms with E-state index in [4.69, 9.17) is 11.6 Å². The fraction of sp³-hybridized carbons (Fsp3) is 0.300. The van der Waals surface area contributed by atoms with Crippen LogP contribution in [0.5, 0.6) is 0 Å². The van der Waals surface area contributed by atoms with Gasteiger partial charge in [0.2, 0.25) is 5.95 Å². The maximum absolute atomic E-state index is 6.45. The third-order valence-electron chi connectivity index (χ3n) is 4.79. The Labute approximate surface area is 163 Å². The number of nitrogens with one attached hydrogen (secondary N) is 1. The van der Waals surface area contributed by atoms with Crippen molar-refractivity contribution in [3.63, 3.8) is 0 Å². The molecule has 0 aromatic carbocycles. The normalized spacial score (nSPS) is 13.4. The Hall–Kier alpha value is -2.73. The number of pyridine rings is 2. The summed E-state index contributed by atoms with van der Waals surface area (Å²) in [5.74, 6) is 1.55. The Balaban J connectivity index is 1.67. The third kappa shape index (κ3) is 3.45. The van der Waals surface area contributed by atoms with Crippen LogP contribution >= 0.6 is 11.6 Å². The minimum atomic E-state index is 0.609. The molecule has 7 heteroatoms. The summed E-state index contributed by atoms with van der Waals surface area (Å²) < 4.78 is 0. The second-order valence-corrected chi connectivity index (χ2v) is 7.19. The maximum Gasteiger partial charge on any atom is 0.222 e. The highest BCUT2D eigenvalue weighted by Crippen LogP contribution is 2.32. The SMILES string of the molecule is CNc1ncc2c(n1)CCN(c1cc(-c3ncc(C)cc3C)c(Cl)cn1)C2. The molecule has 1 aliphatic rings. The van der Waals surface area contributed by atoms with Crippen LogP contribution in [0, 0.1) is 13.8 Å². The zero-order valence-corrected chi connectivity index (χ0v) is 16.4. The Kier molecular flexibility index (Phi) is 4.66. The molecule has 0 saturated carbocycles. The van der Waals surface area contributed by atoms with Crippen molar-refractivity contribution in [2.24, 2.45) is 0 Å². The number of anilines is 2. The topological polar surface area (TPSA) is 66.8 Å². The van der Waals surface area contributed by atoms with E-state index >= 15 is 0 Å². The standard InChI is InChI=1S/C20H21ClN6/c1-12-6-13(2)19(24-8-12)15-7-18(23-10-16(15)21)27-5-4-17-14(11-27)9-25-20(22-3)26-17/h6-10H,4-5,11H2,1-3H3,(H,22,25,26). The molecule has 0 bridgehead atoms. The minimum absolute atomic E-state index is 0.609. The smallest absolute Gasteiger partial charge is 0.222 e. The van der Waals surface area contributed by atoms with Crippen LogP contribution in [0.25, 0.3) is 11.3 Å². The number of fused-ring (bicyclic) bond motifs is 1. The summed E-state index contributed by atoms with van der Waals surface area (Å²) >= 11 is 6.45. The lowest BCUT2D eigenvalue weighted by atomic mass is 10.0. The molecule has 0 unspecified atom stereocenters. The quantitative estimate of drug-likeness (QED) is 0.745. The Morgan fingerprint density at radius 1 is 1.07 bits per heavy atom. The van der Waals surface area contributed by atoms with Crippen molar-refractivity contribution in [1.82, 2.24) is 19.9 Å². The van der Waals surface area contributed by atoms with Crippen LogP contribution in [0.4, 0.5) is 11.8 Å². The van der Waals surface area contributed by atoms with Crippen LogP contribution in [-0.2, 0) is 13.0 Å². The van der Waals surface area contributed by atoms with Gasteiger partial charge in [-0.05, 0) is 31.0 Å². The predicted molar refractivity (Wildman–Crippen MR) is 108 cm³/mol. The van der Waals surface area contributed by atoms with Crippen LogP contribution in [-0.4, -0.2) is 33.5 Å². The first-order valence-corrected chi connectivity index (χ1v) is 9.29. The van der Waals surface area contributed by atoms with Crippen LogP contribution < -0.4 is 10.2 Å². The molecule has 4 heterocycles. The summed E-state index contributed by atoms with van der Waals surface area (Å²) in [6.45, 7) is 5.67. The van der Waals surface area contributed by atoms with E-state index < -0.39 is 0 Å². The van der Waals surface area contributed by atoms with Gasteiger partial charge in [0.25, 0.3) is 0 Å². The molecule has 27 heavy (non-hydrogen) atoms. The number of hydrogen-bond acceptors (Lipinski definition) is 6. The lowest BCUT2D eigenvalue weighted by Gasteiger charge is -2.29. The van der Waals surface area contributed by atoms with Crippen molar-refractivity contribution in [3.05, 3.63) is 58.1 Å². The van der Waals surface area contributed by atoms with Gasteiger partial charge in [0, 0.05) is 56.3 Å². The zero-order chi connectivity index (χ0) is 19.0. The fourth-order valence-corrected chi connectivity index (χ4v) is 3.60. The minimum Gasteiger partial charge on any atom is -0.357 e. The van der Waals surface area contributed by atoms with Gasteiger partial charge in [-0.1, -0.05) is 17.7 Å². The Morgan fingerprint density at radius 3 is 2.70 bits per heavy atom. The Morgan fingerprint density at radius 2 is 1.93 bits per heavy atom. The number of nitrogens with zero attached hydrogens (tertiary/aromatic N) is 5. The maximum atomic E-state index is 6.45. The predicted octanol–water partition coefficient (Wildman–Crippen LogP) is 3.81. The van der Waals surface area contributed by atoms with Gasteiger partial charge in [-0.15, -0.1) is 0 Å². The van der Waals surface area contributed by atoms with E-state index in [1.165, 1.54) is 0 Å². The molecule has 0 atom stereocenters. The molecule has 0 aliphatic carbocycles. The fourth-order valence-electron chi connectivity index (χ4n) is 3.41. The van der Waals surface area contributed by atoms with Crippen molar-refractivity contribution >= 4 is 23.4 Å². The van der Waals surface area contributed by atoms with Crippen LogP contribution in [0.1, 0.15) is 22.4 Å². The van der Waals surface area contributed by atoms with E-state index in [0.29, 0.717) is 11.0 Å². The molecule has 4 rings (SSSR count). The van der Waals surface area contributed by atoms with Crippen molar-refractivity contribution in [2.45, 2.75) is 26.8 Å². The zero-order valence-electron chi connectivity index (χ0n) is 15.6. The average molecular weight is 381 g/mol. The van der Waals surface area contributed by atoms with Gasteiger partial charge >= 0.3 is 0 Å². The largest absolute Gasteiger partial charge is 0.357 e. The summed E-state index contributed by atoms with van der Waals surface area (Å²) in [7, 11) is 1.83. The summed E-state index contributed by atoms with van der Waals surface area (Å²) in [6.07, 6.45) is 6.33. The second-order valence-electron chi connectivity index (χ2n) is 6.79. The van der Waals surface area contributed by atoms with E-state index in [9.17, 15) is 0 Å². The summed E-state index contributed by atoms with van der Waals surface area (Å²) in [5.41, 5.74) is 6.26. The number of halogens is 1. The van der Waals surface area contributed by atoms with Crippen LogP contribution in [0.2, 0.25) is 5.02 Å². The molecular formula is C20H21ClN6. The molecule has 1 aliphatic heterocycles. The lowest BCUT2D eigenvalue weighted by molar-refractivity contribution is 0.698. The molecule has 3 aromatic rings. The third-order valence-corrected chi connectivity index (χ3v) is 5.09. The van der Waals surface area contributed by atoms with Crippen LogP contribution in [0.3, 0.4) is 0 Å². The number of hydrogen-bond donors (Lipinski definition) is 1. The molecule has 0 spiro atoms. The van der Waals surface area contributed by atoms with Crippen molar-refractivity contribution < 1.29 is 0 Å². The van der Waals surface area contributed by atoms with E-state index in [2.05, 4.69) is 43.1 Å². The van der Waals surface area contributed by atoms with E-state index in [-0.39, 0.29) is 0 Å². The first-order chi connectivity index (χ1) is 13.0. The monoisotopic (exact) mass is 380 g/mol. The molecule has 0 amide bonds. The van der Waals surface area contributed by atoms with Gasteiger partial charge in [-0.2, -0.15) is 0 Å². The molecular weight excluding hydrogens is 360 g/mol. The van der Waals surface area contributed by atoms with Crippen molar-refractivity contribution in [3.8, 4) is 11.3 Å². The summed E-state index contributed by atoms with van der Waals surface area (Å²) in [5, 5.41) is 3.60. The molecule has 0 radical (unpaired) electrons. The molecule has 6 nitrogen and oxygen atoms in total. The molecule has 138 valence electrons. The lowest BCUT2D eigenvalue weighted by Crippen LogP contribution is -2.32. The number of aromatic nitrogens is 4. The molecule has 1 N–H and O–H groups in total. The molecule has 0 saturated heterocycles. The number of rotatable bonds is 3. The summed E-state index contributed by atoms with van der Waals surface area (Å²) in [4.78, 5) is 20.3. The Bertz CT molecular complexity index is 1000. The van der Waals surface area contributed by atoms with Crippen molar-refractivity contribution in [1.29, 1.82) is 0 Å². The van der Waals surface area contributed by atoms with Gasteiger partial charge in [0.1, 0.15) is 5.82 Å². The van der Waals surface area contributed by atoms with E-state index in [1.54, 1.807) is 6.20 Å². The summed E-state index contributed by atoms with van der Waals surface area (Å²) in [6, 6.07) is 4.15. The first kappa shape index (κ1) is 17.7. The van der Waals surface area contributed by atoms with Crippen LogP contribution in [0.15, 0.2) is 30.7 Å². The van der Waals surface area contributed by atoms with Gasteiger partial charge in [0.15, 0.2) is 0 Å². The second kappa shape index (κ2) is 7.12. The van der Waals surface area contributed by atoms with Gasteiger partial charge < -0.3 is 10.2 Å². The number of aryl methyl sites for hydroxylation is 2. The van der Waals surface area contributed by atoms with Gasteiger partial charge in [0.05, 0.1) is 16.4 Å². The highest BCUT2D eigenvalue weighted by molar-refractivity contribution is 6.33. The highest BCUT2D eigenvalue weighted by Gasteiger charge is 2.21. The van der Waals surface area contributed by atoms with Gasteiger partial charge in [-0.3, -0.25) is 4.98 Å². The van der Waals surface area contributed by atoms with E-state index in [1.807, 2.05) is 32.4 Å². The average Bonchev–Trinajstić information content (AvgIpc) is 2.68. The first-order valence-electron chi connectivity index (χ1n) is 8.92. The van der Waals surface area contributed by atoms with E-state index in [0.717, 1.165) is 59.0 Å². The van der Waals surface area contributed by atoms with Crippen molar-refractivity contribution in [2.75, 3.05) is 23.8 Å². The molecule has 0 fully saturated rings. The van der Waals surface area contributed by atoms with Gasteiger partial charge in [-0.25, -0.2) is 15.0 Å². The highest BCUT2D eigenvalue weighted by atomic mass is 35.5.